The summed E-state index contributed by atoms with van der Waals surface area (Å²) < 4.78 is 0. The minimum absolute atomic E-state index is 0.0884. The number of Topliss-reactive ketones (excluding diaryl/α,β-unsaturated/α-hetero) is 1. The van der Waals surface area contributed by atoms with E-state index >= 15 is 0 Å². The van der Waals surface area contributed by atoms with Crippen molar-refractivity contribution in [2.24, 2.45) is 0 Å². The maximum atomic E-state index is 12.9. The van der Waals surface area contributed by atoms with Gasteiger partial charge in [-0.05, 0) is 61.2 Å². The summed E-state index contributed by atoms with van der Waals surface area (Å²) in [5.41, 5.74) is 7.22. The van der Waals surface area contributed by atoms with E-state index in [1.54, 1.807) is 0 Å². The molecule has 0 saturated heterocycles. The van der Waals surface area contributed by atoms with E-state index in [0.717, 1.165) is 57.5 Å². The monoisotopic (exact) mass is 374 g/mol. The first-order chi connectivity index (χ1) is 13.1. The first-order valence-corrected chi connectivity index (χ1v) is 9.68. The van der Waals surface area contributed by atoms with E-state index in [9.17, 15) is 4.79 Å². The van der Waals surface area contributed by atoms with Gasteiger partial charge in [0.25, 0.3) is 0 Å². The molecule has 2 aromatic carbocycles. The van der Waals surface area contributed by atoms with E-state index in [2.05, 4.69) is 23.5 Å². The highest BCUT2D eigenvalue weighted by atomic mass is 35.5. The number of allylic oxidation sites excluding steroid dienone is 2. The molecule has 3 aromatic rings. The molecule has 0 bridgehead atoms. The molecule has 4 heteroatoms. The summed E-state index contributed by atoms with van der Waals surface area (Å²) in [5, 5.41) is 5.35. The largest absolute Gasteiger partial charge is 0.358 e. The zero-order valence-corrected chi connectivity index (χ0v) is 15.8. The van der Waals surface area contributed by atoms with Crippen LogP contribution in [0.1, 0.15) is 42.0 Å². The van der Waals surface area contributed by atoms with Crippen LogP contribution in [0.4, 0.5) is 5.69 Å². The molecule has 1 N–H and O–H groups in total. The van der Waals surface area contributed by atoms with Gasteiger partial charge in [-0.2, -0.15) is 0 Å². The number of hydrogen-bond donors (Lipinski definition) is 1. The van der Waals surface area contributed by atoms with Gasteiger partial charge in [-0.25, -0.2) is 0 Å². The third-order valence-corrected chi connectivity index (χ3v) is 5.83. The molecular formula is C23H19ClN2O. The van der Waals surface area contributed by atoms with Gasteiger partial charge in [0.05, 0.1) is 5.52 Å². The van der Waals surface area contributed by atoms with Crippen molar-refractivity contribution in [3.05, 3.63) is 81.6 Å². The predicted molar refractivity (Wildman–Crippen MR) is 109 cm³/mol. The van der Waals surface area contributed by atoms with Crippen molar-refractivity contribution >= 4 is 34.0 Å². The molecular weight excluding hydrogens is 356 g/mol. The van der Waals surface area contributed by atoms with Gasteiger partial charge in [-0.1, -0.05) is 29.8 Å². The lowest BCUT2D eigenvalue weighted by molar-refractivity contribution is -0.116. The number of aryl methyl sites for hydroxylation is 1. The van der Waals surface area contributed by atoms with Crippen LogP contribution in [0.3, 0.4) is 0 Å². The average Bonchev–Trinajstić information content (AvgIpc) is 2.67. The fraction of sp³-hybridized carbons (Fsp3) is 0.217. The number of aromatic nitrogens is 1. The minimum atomic E-state index is -0.0884. The summed E-state index contributed by atoms with van der Waals surface area (Å²) >= 11 is 6.13. The second kappa shape index (κ2) is 6.21. The summed E-state index contributed by atoms with van der Waals surface area (Å²) in [4.78, 5) is 17.6. The van der Waals surface area contributed by atoms with Crippen LogP contribution in [0.2, 0.25) is 5.02 Å². The molecule has 5 rings (SSSR count). The molecule has 0 amide bonds. The van der Waals surface area contributed by atoms with Gasteiger partial charge in [-0.15, -0.1) is 0 Å². The van der Waals surface area contributed by atoms with Gasteiger partial charge in [0.1, 0.15) is 0 Å². The maximum Gasteiger partial charge on any atom is 0.161 e. The number of anilines is 1. The molecule has 27 heavy (non-hydrogen) atoms. The van der Waals surface area contributed by atoms with Crippen molar-refractivity contribution in [2.45, 2.75) is 32.1 Å². The summed E-state index contributed by atoms with van der Waals surface area (Å²) in [7, 11) is 0. The Kier molecular flexibility index (Phi) is 3.80. The van der Waals surface area contributed by atoms with E-state index in [0.29, 0.717) is 11.4 Å². The fourth-order valence-corrected chi connectivity index (χ4v) is 4.50. The smallest absolute Gasteiger partial charge is 0.161 e. The summed E-state index contributed by atoms with van der Waals surface area (Å²) in [6.07, 6.45) is 2.43. The number of pyridine rings is 1. The van der Waals surface area contributed by atoms with Gasteiger partial charge in [-0.3, -0.25) is 9.78 Å². The van der Waals surface area contributed by atoms with Crippen LogP contribution < -0.4 is 5.32 Å². The quantitative estimate of drug-likeness (QED) is 0.588. The highest BCUT2D eigenvalue weighted by molar-refractivity contribution is 6.30. The lowest BCUT2D eigenvalue weighted by atomic mass is 9.74. The Bertz CT molecular complexity index is 1120. The Morgan fingerprint density at radius 1 is 1.04 bits per heavy atom. The first-order valence-electron chi connectivity index (χ1n) is 9.31. The van der Waals surface area contributed by atoms with Crippen molar-refractivity contribution < 1.29 is 4.79 Å². The Balaban J connectivity index is 1.82. The lowest BCUT2D eigenvalue weighted by Crippen LogP contribution is -2.27. The summed E-state index contributed by atoms with van der Waals surface area (Å²) in [5.74, 6) is 0.154. The molecule has 1 atom stereocenters. The number of hydrogen-bond acceptors (Lipinski definition) is 3. The number of nitrogens with one attached hydrogen (secondary N) is 1. The number of benzene rings is 2. The predicted octanol–water partition coefficient (Wildman–Crippen LogP) is 5.76. The first kappa shape index (κ1) is 16.5. The normalized spacial score (nSPS) is 18.9. The number of fused-ring (bicyclic) bond motifs is 3. The molecule has 0 fully saturated rings. The molecule has 0 saturated carbocycles. The van der Waals surface area contributed by atoms with E-state index in [-0.39, 0.29) is 11.7 Å². The number of halogens is 1. The van der Waals surface area contributed by atoms with E-state index in [1.165, 1.54) is 0 Å². The average molecular weight is 375 g/mol. The van der Waals surface area contributed by atoms with Crippen LogP contribution in [-0.4, -0.2) is 10.8 Å². The van der Waals surface area contributed by atoms with Crippen molar-refractivity contribution in [2.75, 3.05) is 5.32 Å². The van der Waals surface area contributed by atoms with Crippen molar-refractivity contribution in [1.82, 2.24) is 4.98 Å². The fourth-order valence-electron chi connectivity index (χ4n) is 4.37. The van der Waals surface area contributed by atoms with Gasteiger partial charge in [0, 0.05) is 45.4 Å². The molecule has 1 aliphatic carbocycles. The van der Waals surface area contributed by atoms with Gasteiger partial charge >= 0.3 is 0 Å². The third kappa shape index (κ3) is 2.65. The van der Waals surface area contributed by atoms with Gasteiger partial charge in [0.2, 0.25) is 0 Å². The Hall–Kier alpha value is -2.65. The van der Waals surface area contributed by atoms with Crippen molar-refractivity contribution in [3.8, 4) is 0 Å². The highest BCUT2D eigenvalue weighted by Crippen LogP contribution is 2.47. The van der Waals surface area contributed by atoms with E-state index < -0.39 is 0 Å². The molecule has 0 spiro atoms. The Morgan fingerprint density at radius 2 is 1.85 bits per heavy atom. The second-order valence-electron chi connectivity index (χ2n) is 7.32. The Labute approximate surface area is 163 Å². The second-order valence-corrected chi connectivity index (χ2v) is 7.76. The maximum absolute atomic E-state index is 12.9. The molecule has 0 unspecified atom stereocenters. The number of ketones is 1. The SMILES string of the molecule is Cc1ccc2c3c(ccc2n1)NC1=C(C(=O)CCC1)[C@H]3c1ccc(Cl)cc1. The standard InChI is InChI=1S/C23H19ClN2O/c1-13-5-10-16-17(25-13)11-12-19-22(16)21(14-6-8-15(24)9-7-14)23-18(26-19)3-2-4-20(23)27/h5-12,21,26H,2-4H2,1H3/t21-/m0/s1. The zero-order chi connectivity index (χ0) is 18.5. The number of carbonyl (C=O) groups is 1. The van der Waals surface area contributed by atoms with Gasteiger partial charge in [0.15, 0.2) is 5.78 Å². The van der Waals surface area contributed by atoms with Crippen LogP contribution in [0.25, 0.3) is 10.9 Å². The van der Waals surface area contributed by atoms with Crippen LogP contribution in [0, 0.1) is 6.92 Å². The number of carbonyl (C=O) groups excluding carboxylic acids is 1. The van der Waals surface area contributed by atoms with E-state index in [1.807, 2.05) is 37.3 Å². The summed E-state index contributed by atoms with van der Waals surface area (Å²) in [6, 6.07) is 16.2. The van der Waals surface area contributed by atoms with E-state index in [4.69, 9.17) is 16.6 Å². The molecule has 0 radical (unpaired) electrons. The Morgan fingerprint density at radius 3 is 2.67 bits per heavy atom. The topological polar surface area (TPSA) is 42.0 Å². The van der Waals surface area contributed by atoms with Gasteiger partial charge < -0.3 is 5.32 Å². The summed E-state index contributed by atoms with van der Waals surface area (Å²) in [6.45, 7) is 2.00. The van der Waals surface area contributed by atoms with Crippen molar-refractivity contribution in [3.63, 3.8) is 0 Å². The molecule has 2 heterocycles. The zero-order valence-electron chi connectivity index (χ0n) is 15.1. The van der Waals surface area contributed by atoms with Crippen LogP contribution in [0.15, 0.2) is 59.8 Å². The molecule has 134 valence electrons. The van der Waals surface area contributed by atoms with Crippen LogP contribution in [0.5, 0.6) is 0 Å². The third-order valence-electron chi connectivity index (χ3n) is 5.57. The lowest BCUT2D eigenvalue weighted by Gasteiger charge is -2.35. The number of rotatable bonds is 1. The minimum Gasteiger partial charge on any atom is -0.358 e. The highest BCUT2D eigenvalue weighted by Gasteiger charge is 2.36. The molecule has 3 nitrogen and oxygen atoms in total. The van der Waals surface area contributed by atoms with Crippen LogP contribution in [-0.2, 0) is 4.79 Å². The number of nitrogens with zero attached hydrogens (tertiary/aromatic N) is 1. The molecule has 1 aliphatic heterocycles. The molecule has 2 aliphatic rings. The van der Waals surface area contributed by atoms with Crippen LogP contribution >= 0.6 is 11.6 Å². The molecule has 1 aromatic heterocycles. The van der Waals surface area contributed by atoms with Crippen molar-refractivity contribution in [1.29, 1.82) is 0 Å².